The lowest BCUT2D eigenvalue weighted by Gasteiger charge is -2.04. The Morgan fingerprint density at radius 1 is 1.33 bits per heavy atom. The molecule has 5 heteroatoms. The molecule has 0 bridgehead atoms. The van der Waals surface area contributed by atoms with Gasteiger partial charge in [0.2, 0.25) is 6.86 Å². The number of halogens is 4. The molecule has 0 N–H and O–H groups in total. The maximum absolute atomic E-state index is 12.9. The second kappa shape index (κ2) is 3.92. The van der Waals surface area contributed by atoms with Gasteiger partial charge in [0.15, 0.2) is 11.6 Å². The van der Waals surface area contributed by atoms with Crippen molar-refractivity contribution >= 4 is 23.2 Å². The van der Waals surface area contributed by atoms with E-state index in [1.165, 1.54) is 12.1 Å². The molecule has 1 aromatic carbocycles. The van der Waals surface area contributed by atoms with Crippen LogP contribution in [0.2, 0.25) is 10.0 Å². The minimum Gasteiger partial charge on any atom is -0.460 e. The molecular formula is C7H4Cl2F2O. The predicted octanol–water partition coefficient (Wildman–Crippen LogP) is 3.44. The molecule has 66 valence electrons. The van der Waals surface area contributed by atoms with Crippen LogP contribution >= 0.6 is 23.2 Å². The van der Waals surface area contributed by atoms with Crippen LogP contribution in [0.1, 0.15) is 0 Å². The van der Waals surface area contributed by atoms with Gasteiger partial charge in [-0.15, -0.1) is 0 Å². The van der Waals surface area contributed by atoms with E-state index in [-0.39, 0.29) is 15.8 Å². The number of alkyl halides is 1. The molecule has 0 radical (unpaired) electrons. The third-order valence-electron chi connectivity index (χ3n) is 1.21. The van der Waals surface area contributed by atoms with Crippen LogP contribution in [-0.2, 0) is 0 Å². The second-order valence-corrected chi connectivity index (χ2v) is 2.71. The number of benzene rings is 1. The highest BCUT2D eigenvalue weighted by atomic mass is 35.5. The molecule has 0 spiro atoms. The van der Waals surface area contributed by atoms with Crippen LogP contribution < -0.4 is 4.74 Å². The van der Waals surface area contributed by atoms with E-state index in [1.807, 2.05) is 0 Å². The summed E-state index contributed by atoms with van der Waals surface area (Å²) in [5, 5.41) is -0.192. The molecule has 1 aromatic rings. The Balaban J connectivity index is 3.08. The van der Waals surface area contributed by atoms with E-state index in [1.54, 1.807) is 0 Å². The molecule has 0 saturated carbocycles. The van der Waals surface area contributed by atoms with Crippen LogP contribution in [0, 0.1) is 5.82 Å². The standard InChI is InChI=1S/C7H4Cl2F2O/c8-4-1-2-5(12-3-10)7(11)6(4)9/h1-2H,3H2. The summed E-state index contributed by atoms with van der Waals surface area (Å²) in [4.78, 5) is 0. The van der Waals surface area contributed by atoms with Crippen LogP contribution in [0.3, 0.4) is 0 Å². The lowest BCUT2D eigenvalue weighted by atomic mass is 10.3. The van der Waals surface area contributed by atoms with Crippen molar-refractivity contribution in [2.75, 3.05) is 6.86 Å². The lowest BCUT2D eigenvalue weighted by molar-refractivity contribution is 0.184. The molecule has 0 amide bonds. The molecule has 0 atom stereocenters. The van der Waals surface area contributed by atoms with Gasteiger partial charge in [0, 0.05) is 0 Å². The first kappa shape index (κ1) is 9.55. The number of rotatable bonds is 2. The third-order valence-corrected chi connectivity index (χ3v) is 1.99. The first-order valence-corrected chi connectivity index (χ1v) is 3.74. The van der Waals surface area contributed by atoms with Gasteiger partial charge >= 0.3 is 0 Å². The van der Waals surface area contributed by atoms with Gasteiger partial charge in [-0.2, -0.15) is 0 Å². The molecule has 0 aromatic heterocycles. The summed E-state index contributed by atoms with van der Waals surface area (Å²) in [6, 6.07) is 2.54. The largest absolute Gasteiger partial charge is 0.460 e. The summed E-state index contributed by atoms with van der Waals surface area (Å²) in [6.45, 7) is -1.10. The summed E-state index contributed by atoms with van der Waals surface area (Å²) in [5.74, 6) is -1.09. The smallest absolute Gasteiger partial charge is 0.228 e. The van der Waals surface area contributed by atoms with Gasteiger partial charge in [-0.25, -0.2) is 8.78 Å². The molecule has 0 aliphatic heterocycles. The van der Waals surface area contributed by atoms with E-state index in [0.29, 0.717) is 0 Å². The van der Waals surface area contributed by atoms with E-state index in [0.717, 1.165) is 0 Å². The van der Waals surface area contributed by atoms with E-state index in [4.69, 9.17) is 23.2 Å². The van der Waals surface area contributed by atoms with E-state index in [9.17, 15) is 8.78 Å². The molecule has 0 aliphatic rings. The number of ether oxygens (including phenoxy) is 1. The van der Waals surface area contributed by atoms with E-state index < -0.39 is 12.7 Å². The predicted molar refractivity (Wildman–Crippen MR) is 43.0 cm³/mol. The first-order chi connectivity index (χ1) is 5.66. The fourth-order valence-corrected chi connectivity index (χ4v) is 0.981. The Bertz CT molecular complexity index is 291. The van der Waals surface area contributed by atoms with Crippen molar-refractivity contribution in [1.29, 1.82) is 0 Å². The lowest BCUT2D eigenvalue weighted by Crippen LogP contribution is -1.93. The molecule has 0 aliphatic carbocycles. The van der Waals surface area contributed by atoms with Gasteiger partial charge in [-0.3, -0.25) is 0 Å². The Morgan fingerprint density at radius 2 is 2.00 bits per heavy atom. The van der Waals surface area contributed by atoms with Gasteiger partial charge in [0.1, 0.15) is 0 Å². The number of hydrogen-bond donors (Lipinski definition) is 0. The summed E-state index contributed by atoms with van der Waals surface area (Å²) < 4.78 is 28.9. The van der Waals surface area contributed by atoms with Gasteiger partial charge in [0.25, 0.3) is 0 Å². The van der Waals surface area contributed by atoms with Crippen molar-refractivity contribution in [2.24, 2.45) is 0 Å². The van der Waals surface area contributed by atoms with Crippen molar-refractivity contribution in [2.45, 2.75) is 0 Å². The Morgan fingerprint density at radius 3 is 2.58 bits per heavy atom. The Hall–Kier alpha value is -0.540. The maximum Gasteiger partial charge on any atom is 0.228 e. The second-order valence-electron chi connectivity index (χ2n) is 1.93. The highest BCUT2D eigenvalue weighted by Crippen LogP contribution is 2.31. The quantitative estimate of drug-likeness (QED) is 0.683. The summed E-state index contributed by atoms with van der Waals surface area (Å²) in [6.07, 6.45) is 0. The van der Waals surface area contributed by atoms with Crippen LogP contribution in [-0.4, -0.2) is 6.86 Å². The molecule has 12 heavy (non-hydrogen) atoms. The van der Waals surface area contributed by atoms with Crippen LogP contribution in [0.15, 0.2) is 12.1 Å². The van der Waals surface area contributed by atoms with E-state index >= 15 is 0 Å². The minimum atomic E-state index is -1.10. The molecule has 1 rings (SSSR count). The molecule has 0 unspecified atom stereocenters. The summed E-state index contributed by atoms with van der Waals surface area (Å²) >= 11 is 10.9. The molecule has 1 nitrogen and oxygen atoms in total. The first-order valence-electron chi connectivity index (χ1n) is 2.99. The van der Waals surface area contributed by atoms with Crippen molar-refractivity contribution < 1.29 is 13.5 Å². The highest BCUT2D eigenvalue weighted by molar-refractivity contribution is 6.42. The normalized spacial score (nSPS) is 10.0. The van der Waals surface area contributed by atoms with Crippen LogP contribution in [0.4, 0.5) is 8.78 Å². The zero-order valence-electron chi connectivity index (χ0n) is 5.78. The van der Waals surface area contributed by atoms with Crippen molar-refractivity contribution in [3.8, 4) is 5.75 Å². The summed E-state index contributed by atoms with van der Waals surface area (Å²) in [7, 11) is 0. The third kappa shape index (κ3) is 1.79. The van der Waals surface area contributed by atoms with Gasteiger partial charge in [0.05, 0.1) is 10.0 Å². The minimum absolute atomic E-state index is 0.0698. The Labute approximate surface area is 77.8 Å². The average Bonchev–Trinajstić information content (AvgIpc) is 2.07. The van der Waals surface area contributed by atoms with Gasteiger partial charge in [-0.05, 0) is 12.1 Å². The molecule has 0 heterocycles. The van der Waals surface area contributed by atoms with Gasteiger partial charge in [-0.1, -0.05) is 23.2 Å². The molecular weight excluding hydrogens is 209 g/mol. The topological polar surface area (TPSA) is 9.23 Å². The monoisotopic (exact) mass is 212 g/mol. The fraction of sp³-hybridized carbons (Fsp3) is 0.143. The molecule has 0 fully saturated rings. The average molecular weight is 213 g/mol. The highest BCUT2D eigenvalue weighted by Gasteiger charge is 2.10. The summed E-state index contributed by atoms with van der Waals surface area (Å²) in [5.41, 5.74) is 0. The van der Waals surface area contributed by atoms with E-state index in [2.05, 4.69) is 4.74 Å². The zero-order valence-corrected chi connectivity index (χ0v) is 7.29. The maximum atomic E-state index is 12.9. The van der Waals surface area contributed by atoms with Crippen molar-refractivity contribution in [3.63, 3.8) is 0 Å². The Kier molecular flexibility index (Phi) is 3.12. The van der Waals surface area contributed by atoms with Crippen molar-refractivity contribution in [1.82, 2.24) is 0 Å². The number of hydrogen-bond acceptors (Lipinski definition) is 1. The molecule has 0 saturated heterocycles. The zero-order chi connectivity index (χ0) is 9.14. The van der Waals surface area contributed by atoms with Crippen molar-refractivity contribution in [3.05, 3.63) is 28.0 Å². The van der Waals surface area contributed by atoms with Crippen LogP contribution in [0.5, 0.6) is 5.75 Å². The van der Waals surface area contributed by atoms with Gasteiger partial charge < -0.3 is 4.74 Å². The SMILES string of the molecule is FCOc1ccc(Cl)c(Cl)c1F. The fourth-order valence-electron chi connectivity index (χ4n) is 0.678. The van der Waals surface area contributed by atoms with Crippen LogP contribution in [0.25, 0.3) is 0 Å².